The summed E-state index contributed by atoms with van der Waals surface area (Å²) in [6, 6.07) is 11.1. The lowest BCUT2D eigenvalue weighted by atomic mass is 10.1. The van der Waals surface area contributed by atoms with Crippen LogP contribution in [0, 0.1) is 0 Å². The zero-order chi connectivity index (χ0) is 20.5. The molecule has 5 rings (SSSR count). The summed E-state index contributed by atoms with van der Waals surface area (Å²) in [6.45, 7) is 0.813. The molecule has 2 saturated heterocycles. The van der Waals surface area contributed by atoms with Crippen molar-refractivity contribution in [1.29, 1.82) is 0 Å². The first-order chi connectivity index (χ1) is 14.7. The summed E-state index contributed by atoms with van der Waals surface area (Å²) in [5, 5.41) is 17.3. The van der Waals surface area contributed by atoms with Crippen molar-refractivity contribution in [2.24, 2.45) is 0 Å². The summed E-state index contributed by atoms with van der Waals surface area (Å²) in [4.78, 5) is 13.4. The lowest BCUT2D eigenvalue weighted by Gasteiger charge is -2.18. The molecular formula is C20H21N5O4S. The van der Waals surface area contributed by atoms with E-state index in [1.165, 1.54) is 0 Å². The molecule has 0 radical (unpaired) electrons. The summed E-state index contributed by atoms with van der Waals surface area (Å²) in [5.74, 6) is 1.32. The van der Waals surface area contributed by atoms with E-state index in [0.717, 1.165) is 16.2 Å². The number of thiophene rings is 1. The molecule has 0 aliphatic carbocycles. The largest absolute Gasteiger partial charge is 0.497 e. The minimum Gasteiger partial charge on any atom is -0.497 e. The number of aromatic nitrogens is 4. The van der Waals surface area contributed by atoms with Gasteiger partial charge in [0.1, 0.15) is 24.0 Å². The van der Waals surface area contributed by atoms with E-state index >= 15 is 0 Å². The number of carbonyl (C=O) groups is 1. The summed E-state index contributed by atoms with van der Waals surface area (Å²) < 4.78 is 19.1. The molecule has 10 heteroatoms. The Morgan fingerprint density at radius 3 is 3.00 bits per heavy atom. The average Bonchev–Trinajstić information content (AvgIpc) is 3.54. The van der Waals surface area contributed by atoms with Crippen molar-refractivity contribution >= 4 is 17.2 Å². The second-order valence-corrected chi connectivity index (χ2v) is 8.30. The van der Waals surface area contributed by atoms with E-state index in [1.54, 1.807) is 23.1 Å². The Kier molecular flexibility index (Phi) is 5.19. The third kappa shape index (κ3) is 3.57. The number of fused-ring (bicyclic) bond motifs is 1. The summed E-state index contributed by atoms with van der Waals surface area (Å²) in [6.07, 6.45) is -0.100. The van der Waals surface area contributed by atoms with Crippen molar-refractivity contribution in [3.05, 3.63) is 46.7 Å². The fourth-order valence-electron chi connectivity index (χ4n) is 4.01. The number of methoxy groups -OCH3 is 1. The van der Waals surface area contributed by atoms with Gasteiger partial charge >= 0.3 is 0 Å². The number of carbonyl (C=O) groups excluding carboxylic acids is 1. The molecule has 4 heterocycles. The smallest absolute Gasteiger partial charge is 0.225 e. The standard InChI is InChI=1S/C20H21N5O4S/c1-27-13-5-2-4-12(8-13)20-22-23-24-25(20)16-11-29-18-15(10-28-19(16)18)21-17(26)9-14-6-3-7-30-14/h2-8,15-16,18-19H,9-11H2,1H3,(H,21,26)/t15-,16-,18+,19+/m0/s1. The van der Waals surface area contributed by atoms with E-state index in [0.29, 0.717) is 25.5 Å². The first-order valence-corrected chi connectivity index (χ1v) is 10.6. The van der Waals surface area contributed by atoms with Crippen LogP contribution in [-0.4, -0.2) is 64.7 Å². The summed E-state index contributed by atoms with van der Waals surface area (Å²) in [5.41, 5.74) is 0.849. The Morgan fingerprint density at radius 2 is 2.17 bits per heavy atom. The third-order valence-electron chi connectivity index (χ3n) is 5.42. The van der Waals surface area contributed by atoms with Gasteiger partial charge < -0.3 is 19.5 Å². The molecule has 2 aliphatic rings. The monoisotopic (exact) mass is 427 g/mol. The Balaban J connectivity index is 1.30. The zero-order valence-electron chi connectivity index (χ0n) is 16.3. The molecule has 2 aliphatic heterocycles. The van der Waals surface area contributed by atoms with E-state index in [2.05, 4.69) is 20.8 Å². The van der Waals surface area contributed by atoms with Crippen molar-refractivity contribution in [2.75, 3.05) is 20.3 Å². The molecule has 0 saturated carbocycles. The van der Waals surface area contributed by atoms with E-state index in [9.17, 15) is 4.79 Å². The fraction of sp³-hybridized carbons (Fsp3) is 0.400. The van der Waals surface area contributed by atoms with Crippen molar-refractivity contribution in [1.82, 2.24) is 25.5 Å². The second-order valence-electron chi connectivity index (χ2n) is 7.27. The molecule has 4 atom stereocenters. The normalized spacial score (nSPS) is 25.2. The van der Waals surface area contributed by atoms with Crippen LogP contribution in [0.2, 0.25) is 0 Å². The summed E-state index contributed by atoms with van der Waals surface area (Å²) in [7, 11) is 1.62. The minimum absolute atomic E-state index is 0.0294. The van der Waals surface area contributed by atoms with Gasteiger partial charge in [-0.1, -0.05) is 18.2 Å². The number of hydrogen-bond acceptors (Lipinski definition) is 8. The van der Waals surface area contributed by atoms with Gasteiger partial charge in [0.15, 0.2) is 5.82 Å². The van der Waals surface area contributed by atoms with Gasteiger partial charge in [-0.3, -0.25) is 4.79 Å². The number of ether oxygens (including phenoxy) is 3. The summed E-state index contributed by atoms with van der Waals surface area (Å²) >= 11 is 1.57. The molecule has 1 N–H and O–H groups in total. The number of nitrogens with zero attached hydrogens (tertiary/aromatic N) is 4. The van der Waals surface area contributed by atoms with Crippen molar-refractivity contribution in [2.45, 2.75) is 30.7 Å². The lowest BCUT2D eigenvalue weighted by Crippen LogP contribution is -2.44. The van der Waals surface area contributed by atoms with Gasteiger partial charge in [-0.05, 0) is 34.0 Å². The highest BCUT2D eigenvalue weighted by Crippen LogP contribution is 2.36. The van der Waals surface area contributed by atoms with Gasteiger partial charge in [-0.2, -0.15) is 0 Å². The lowest BCUT2D eigenvalue weighted by molar-refractivity contribution is -0.121. The maximum atomic E-state index is 12.4. The Hall–Kier alpha value is -2.82. The van der Waals surface area contributed by atoms with E-state index in [1.807, 2.05) is 41.8 Å². The van der Waals surface area contributed by atoms with Gasteiger partial charge in [0.2, 0.25) is 5.91 Å². The van der Waals surface area contributed by atoms with Crippen LogP contribution in [0.15, 0.2) is 41.8 Å². The van der Waals surface area contributed by atoms with Crippen LogP contribution in [0.3, 0.4) is 0 Å². The minimum atomic E-state index is -0.232. The molecule has 1 aromatic carbocycles. The van der Waals surface area contributed by atoms with Gasteiger partial charge in [-0.25, -0.2) is 4.68 Å². The zero-order valence-corrected chi connectivity index (χ0v) is 17.1. The number of tetrazole rings is 1. The number of nitrogens with one attached hydrogen (secondary N) is 1. The molecule has 2 fully saturated rings. The fourth-order valence-corrected chi connectivity index (χ4v) is 4.71. The van der Waals surface area contributed by atoms with Crippen LogP contribution >= 0.6 is 11.3 Å². The molecule has 1 amide bonds. The van der Waals surface area contributed by atoms with Crippen LogP contribution in [0.25, 0.3) is 11.4 Å². The van der Waals surface area contributed by atoms with Crippen LogP contribution in [0.1, 0.15) is 10.9 Å². The van der Waals surface area contributed by atoms with E-state index < -0.39 is 0 Å². The predicted octanol–water partition coefficient (Wildman–Crippen LogP) is 1.48. The number of rotatable bonds is 6. The van der Waals surface area contributed by atoms with Crippen LogP contribution in [0.5, 0.6) is 5.75 Å². The van der Waals surface area contributed by atoms with E-state index in [-0.39, 0.29) is 30.2 Å². The molecule has 0 bridgehead atoms. The van der Waals surface area contributed by atoms with Crippen molar-refractivity contribution in [3.63, 3.8) is 0 Å². The van der Waals surface area contributed by atoms with Crippen LogP contribution in [0.4, 0.5) is 0 Å². The quantitative estimate of drug-likeness (QED) is 0.636. The van der Waals surface area contributed by atoms with Crippen molar-refractivity contribution in [3.8, 4) is 17.1 Å². The van der Waals surface area contributed by atoms with E-state index in [4.69, 9.17) is 14.2 Å². The maximum Gasteiger partial charge on any atom is 0.225 e. The highest BCUT2D eigenvalue weighted by Gasteiger charge is 2.50. The third-order valence-corrected chi connectivity index (χ3v) is 6.30. The Labute approximate surface area is 176 Å². The Morgan fingerprint density at radius 1 is 1.27 bits per heavy atom. The van der Waals surface area contributed by atoms with Crippen LogP contribution in [-0.2, 0) is 20.7 Å². The second kappa shape index (κ2) is 8.13. The number of amides is 1. The number of hydrogen-bond donors (Lipinski definition) is 1. The van der Waals surface area contributed by atoms with Gasteiger partial charge in [0, 0.05) is 10.4 Å². The molecule has 2 aromatic heterocycles. The highest BCUT2D eigenvalue weighted by atomic mass is 32.1. The molecule has 0 unspecified atom stereocenters. The molecule has 9 nitrogen and oxygen atoms in total. The van der Waals surface area contributed by atoms with Gasteiger partial charge in [0.05, 0.1) is 32.8 Å². The SMILES string of the molecule is COc1cccc(-c2nnnn2[C@H]2CO[C@H]3[C@@H]2OC[C@@H]3NC(=O)Cc2cccs2)c1. The van der Waals surface area contributed by atoms with Crippen molar-refractivity contribution < 1.29 is 19.0 Å². The first-order valence-electron chi connectivity index (χ1n) is 9.70. The highest BCUT2D eigenvalue weighted by molar-refractivity contribution is 7.10. The first kappa shape index (κ1) is 19.2. The van der Waals surface area contributed by atoms with Gasteiger partial charge in [-0.15, -0.1) is 16.4 Å². The predicted molar refractivity (Wildman–Crippen MR) is 108 cm³/mol. The molecule has 3 aromatic rings. The van der Waals surface area contributed by atoms with Gasteiger partial charge in [0.25, 0.3) is 0 Å². The average molecular weight is 427 g/mol. The molecule has 156 valence electrons. The number of benzene rings is 1. The van der Waals surface area contributed by atoms with Crippen LogP contribution < -0.4 is 10.1 Å². The molecule has 30 heavy (non-hydrogen) atoms. The Bertz CT molecular complexity index is 1020. The topological polar surface area (TPSA) is 100 Å². The molecular weight excluding hydrogens is 406 g/mol. The maximum absolute atomic E-state index is 12.4. The molecule has 0 spiro atoms.